The first kappa shape index (κ1) is 24.9. The van der Waals surface area contributed by atoms with E-state index in [1.54, 1.807) is 42.5 Å². The Morgan fingerprint density at radius 2 is 2.00 bits per heavy atom. The molecule has 4 rings (SSSR count). The van der Waals surface area contributed by atoms with Crippen LogP contribution in [0.2, 0.25) is 0 Å². The molecule has 0 bridgehead atoms. The summed E-state index contributed by atoms with van der Waals surface area (Å²) in [6.07, 6.45) is 10.3. The molecule has 3 heterocycles. The normalized spacial score (nSPS) is 12.1. The van der Waals surface area contributed by atoms with Crippen LogP contribution in [0.15, 0.2) is 71.2 Å². The van der Waals surface area contributed by atoms with E-state index in [1.807, 2.05) is 51.5 Å². The van der Waals surface area contributed by atoms with Crippen LogP contribution in [0, 0.1) is 10.8 Å². The van der Waals surface area contributed by atoms with Gasteiger partial charge in [0, 0.05) is 77.6 Å². The van der Waals surface area contributed by atoms with E-state index in [0.29, 0.717) is 5.57 Å². The van der Waals surface area contributed by atoms with E-state index >= 15 is 0 Å². The molecule has 0 amide bonds. The number of hydrogen-bond donors (Lipinski definition) is 3. The number of pyridine rings is 2. The number of rotatable bonds is 6. The van der Waals surface area contributed by atoms with E-state index in [0.717, 1.165) is 38.2 Å². The molecule has 0 unspecified atom stereocenters. The molecule has 0 saturated carbocycles. The van der Waals surface area contributed by atoms with Gasteiger partial charge in [-0.15, -0.1) is 0 Å². The third-order valence-corrected chi connectivity index (χ3v) is 6.20. The van der Waals surface area contributed by atoms with Gasteiger partial charge in [0.25, 0.3) is 0 Å². The molecule has 0 fully saturated rings. The van der Waals surface area contributed by atoms with E-state index in [9.17, 15) is 0 Å². The number of nitrogens with two attached hydrogens (primary N) is 1. The predicted molar refractivity (Wildman–Crippen MR) is 146 cm³/mol. The van der Waals surface area contributed by atoms with Crippen molar-refractivity contribution < 1.29 is 4.74 Å². The van der Waals surface area contributed by atoms with Crippen molar-refractivity contribution in [1.29, 1.82) is 10.8 Å². The Labute approximate surface area is 213 Å². The molecule has 4 aromatic rings. The highest BCUT2D eigenvalue weighted by Gasteiger charge is 2.16. The van der Waals surface area contributed by atoms with Gasteiger partial charge in [0.15, 0.2) is 5.17 Å². The second-order valence-corrected chi connectivity index (χ2v) is 9.40. The van der Waals surface area contributed by atoms with Gasteiger partial charge in [0.05, 0.1) is 17.8 Å². The van der Waals surface area contributed by atoms with E-state index in [1.165, 1.54) is 22.5 Å². The molecular formula is C26H28N8OS. The fourth-order valence-corrected chi connectivity index (χ4v) is 4.48. The van der Waals surface area contributed by atoms with Crippen molar-refractivity contribution >= 4 is 39.6 Å². The smallest absolute Gasteiger partial charge is 0.171 e. The zero-order chi connectivity index (χ0) is 25.8. The number of aliphatic imine (C=N–C) groups is 1. The molecule has 0 aliphatic heterocycles. The SMILES string of the molecule is CN=CC(=CN)c1ccc(=N)n(C(=N)Sc2ccc3ncc(-c4cnn(C)c4)c(OC(C)C)c3c2)c1. The molecule has 0 aliphatic rings. The summed E-state index contributed by atoms with van der Waals surface area (Å²) in [4.78, 5) is 9.49. The summed E-state index contributed by atoms with van der Waals surface area (Å²) < 4.78 is 9.51. The lowest BCUT2D eigenvalue weighted by Gasteiger charge is -2.17. The van der Waals surface area contributed by atoms with E-state index < -0.39 is 0 Å². The number of nitrogens with one attached hydrogen (secondary N) is 2. The highest BCUT2D eigenvalue weighted by molar-refractivity contribution is 8.13. The maximum atomic E-state index is 8.72. The van der Waals surface area contributed by atoms with Crippen molar-refractivity contribution in [3.8, 4) is 16.9 Å². The Kier molecular flexibility index (Phi) is 7.35. The highest BCUT2D eigenvalue weighted by atomic mass is 32.2. The molecule has 0 radical (unpaired) electrons. The molecular weight excluding hydrogens is 472 g/mol. The topological polar surface area (TPSA) is 131 Å². The van der Waals surface area contributed by atoms with E-state index in [2.05, 4.69) is 15.1 Å². The zero-order valence-corrected chi connectivity index (χ0v) is 21.4. The van der Waals surface area contributed by atoms with Crippen molar-refractivity contribution in [1.82, 2.24) is 19.3 Å². The Balaban J connectivity index is 1.74. The third kappa shape index (κ3) is 5.23. The molecule has 3 aromatic heterocycles. The summed E-state index contributed by atoms with van der Waals surface area (Å²) in [6.45, 7) is 3.97. The molecule has 36 heavy (non-hydrogen) atoms. The van der Waals surface area contributed by atoms with E-state index in [-0.39, 0.29) is 16.8 Å². The molecule has 0 aliphatic carbocycles. The molecule has 10 heteroatoms. The van der Waals surface area contributed by atoms with E-state index in [4.69, 9.17) is 21.3 Å². The molecule has 4 N–H and O–H groups in total. The summed E-state index contributed by atoms with van der Waals surface area (Å²) in [6, 6.07) is 9.23. The van der Waals surface area contributed by atoms with Gasteiger partial charge in [-0.05, 0) is 44.2 Å². The highest BCUT2D eigenvalue weighted by Crippen LogP contribution is 2.38. The molecule has 0 saturated heterocycles. The number of nitrogens with zero attached hydrogens (tertiary/aromatic N) is 5. The number of benzene rings is 1. The van der Waals surface area contributed by atoms with Gasteiger partial charge in [-0.25, -0.2) is 0 Å². The van der Waals surface area contributed by atoms with Gasteiger partial charge < -0.3 is 10.5 Å². The van der Waals surface area contributed by atoms with Crippen LogP contribution in [0.25, 0.3) is 27.6 Å². The maximum absolute atomic E-state index is 8.72. The van der Waals surface area contributed by atoms with Crippen LogP contribution in [-0.2, 0) is 7.05 Å². The third-order valence-electron chi connectivity index (χ3n) is 5.32. The summed E-state index contributed by atoms with van der Waals surface area (Å²) >= 11 is 1.24. The first-order chi connectivity index (χ1) is 17.3. The van der Waals surface area contributed by atoms with Crippen LogP contribution in [0.1, 0.15) is 19.4 Å². The van der Waals surface area contributed by atoms with Crippen LogP contribution in [0.3, 0.4) is 0 Å². The van der Waals surface area contributed by atoms with Crippen molar-refractivity contribution in [2.75, 3.05) is 7.05 Å². The minimum absolute atomic E-state index is 0.0405. The minimum Gasteiger partial charge on any atom is -0.490 e. The number of aryl methyl sites for hydroxylation is 1. The maximum Gasteiger partial charge on any atom is 0.171 e. The first-order valence-electron chi connectivity index (χ1n) is 11.3. The molecule has 9 nitrogen and oxygen atoms in total. The lowest BCUT2D eigenvalue weighted by Crippen LogP contribution is -2.24. The molecule has 0 atom stereocenters. The fourth-order valence-electron chi connectivity index (χ4n) is 3.69. The van der Waals surface area contributed by atoms with Gasteiger partial charge in [-0.3, -0.25) is 30.0 Å². The van der Waals surface area contributed by atoms with Gasteiger partial charge >= 0.3 is 0 Å². The average Bonchev–Trinajstić information content (AvgIpc) is 3.29. The number of hydrogen-bond acceptors (Lipinski definition) is 8. The Morgan fingerprint density at radius 1 is 1.19 bits per heavy atom. The van der Waals surface area contributed by atoms with Crippen LogP contribution in [0.5, 0.6) is 5.75 Å². The largest absolute Gasteiger partial charge is 0.490 e. The number of fused-ring (bicyclic) bond motifs is 1. The summed E-state index contributed by atoms with van der Waals surface area (Å²) in [7, 11) is 3.54. The fraction of sp³-hybridized carbons (Fsp3) is 0.192. The Morgan fingerprint density at radius 3 is 2.67 bits per heavy atom. The van der Waals surface area contributed by atoms with Crippen molar-refractivity contribution in [3.05, 3.63) is 72.4 Å². The molecule has 0 spiro atoms. The number of allylic oxidation sites excluding steroid dienone is 1. The van der Waals surface area contributed by atoms with Crippen molar-refractivity contribution in [2.24, 2.45) is 17.8 Å². The second kappa shape index (κ2) is 10.6. The second-order valence-electron chi connectivity index (χ2n) is 8.34. The quantitative estimate of drug-likeness (QED) is 0.207. The van der Waals surface area contributed by atoms with Crippen LogP contribution >= 0.6 is 11.8 Å². The lowest BCUT2D eigenvalue weighted by atomic mass is 10.1. The van der Waals surface area contributed by atoms with Crippen molar-refractivity contribution in [3.63, 3.8) is 0 Å². The predicted octanol–water partition coefficient (Wildman–Crippen LogP) is 4.28. The first-order valence-corrected chi connectivity index (χ1v) is 12.1. The van der Waals surface area contributed by atoms with Crippen molar-refractivity contribution in [2.45, 2.75) is 24.8 Å². The van der Waals surface area contributed by atoms with Gasteiger partial charge in [-0.1, -0.05) is 11.8 Å². The van der Waals surface area contributed by atoms with Gasteiger partial charge in [-0.2, -0.15) is 5.10 Å². The molecule has 1 aromatic carbocycles. The standard InChI is InChI=1S/C26H28N8OS/c1-16(2)35-25-21-9-20(6-7-23(21)31-13-22(25)19-12-32-33(4)14-19)36-26(29)34-15-17(5-8-24(34)28)18(10-27)11-30-3/h5-16,28-29H,27H2,1-4H3. The number of aromatic nitrogens is 4. The van der Waals surface area contributed by atoms with Crippen LogP contribution < -0.4 is 16.0 Å². The van der Waals surface area contributed by atoms with Crippen LogP contribution in [0.4, 0.5) is 0 Å². The van der Waals surface area contributed by atoms with Gasteiger partial charge in [0.2, 0.25) is 0 Å². The number of thioether (sulfide) groups is 1. The van der Waals surface area contributed by atoms with Crippen LogP contribution in [-0.4, -0.2) is 43.9 Å². The summed E-state index contributed by atoms with van der Waals surface area (Å²) in [5, 5.41) is 22.4. The Hall–Kier alpha value is -4.18. The lowest BCUT2D eigenvalue weighted by molar-refractivity contribution is 0.246. The Bertz CT molecular complexity index is 1550. The minimum atomic E-state index is -0.0405. The monoisotopic (exact) mass is 500 g/mol. The summed E-state index contributed by atoms with van der Waals surface area (Å²) in [5.41, 5.74) is 9.97. The molecule has 184 valence electrons. The number of ether oxygens (including phenoxy) is 1. The summed E-state index contributed by atoms with van der Waals surface area (Å²) in [5.74, 6) is 0.726. The zero-order valence-electron chi connectivity index (χ0n) is 20.6. The average molecular weight is 501 g/mol. The van der Waals surface area contributed by atoms with Gasteiger partial charge in [0.1, 0.15) is 11.2 Å².